The molecular formula is C13H13IO3. The molecule has 0 aliphatic heterocycles. The van der Waals surface area contributed by atoms with E-state index in [1.165, 1.54) is 0 Å². The third-order valence-corrected chi connectivity index (χ3v) is 2.95. The molecule has 0 fully saturated rings. The van der Waals surface area contributed by atoms with Gasteiger partial charge in [-0.15, -0.1) is 0 Å². The van der Waals surface area contributed by atoms with Crippen LogP contribution in [0.25, 0.3) is 11.0 Å². The number of benzene rings is 1. The van der Waals surface area contributed by atoms with Crippen LogP contribution < -0.4 is 0 Å². The summed E-state index contributed by atoms with van der Waals surface area (Å²) in [6, 6.07) is 7.49. The molecule has 1 heterocycles. The van der Waals surface area contributed by atoms with Gasteiger partial charge in [0.1, 0.15) is 11.2 Å². The Morgan fingerprint density at radius 1 is 1.35 bits per heavy atom. The number of carbonyl (C=O) groups is 1. The fraction of sp³-hybridized carbons (Fsp3) is 0.308. The number of fused-ring (bicyclic) bond motifs is 1. The van der Waals surface area contributed by atoms with Gasteiger partial charge in [0.05, 0.1) is 3.57 Å². The van der Waals surface area contributed by atoms with Crippen molar-refractivity contribution < 1.29 is 13.9 Å². The molecule has 1 aromatic heterocycles. The quantitative estimate of drug-likeness (QED) is 0.580. The summed E-state index contributed by atoms with van der Waals surface area (Å²) < 4.78 is 11.8. The summed E-state index contributed by atoms with van der Waals surface area (Å²) in [5.41, 5.74) is 0.220. The summed E-state index contributed by atoms with van der Waals surface area (Å²) in [6.07, 6.45) is 0. The lowest BCUT2D eigenvalue weighted by molar-refractivity contribution is 0.00381. The number of rotatable bonds is 1. The molecule has 1 aromatic carbocycles. The third-order valence-electron chi connectivity index (χ3n) is 2.10. The molecule has 0 saturated heterocycles. The van der Waals surface area contributed by atoms with Crippen LogP contribution in [0.3, 0.4) is 0 Å². The van der Waals surface area contributed by atoms with Gasteiger partial charge < -0.3 is 9.15 Å². The zero-order valence-electron chi connectivity index (χ0n) is 9.91. The Kier molecular flexibility index (Phi) is 3.16. The van der Waals surface area contributed by atoms with E-state index in [1.807, 2.05) is 39.0 Å². The highest BCUT2D eigenvalue weighted by Crippen LogP contribution is 2.25. The Morgan fingerprint density at radius 3 is 2.65 bits per heavy atom. The van der Waals surface area contributed by atoms with E-state index in [4.69, 9.17) is 9.15 Å². The number of carbonyl (C=O) groups excluding carboxylic acids is 1. The van der Waals surface area contributed by atoms with E-state index in [0.717, 1.165) is 14.5 Å². The molecule has 3 nitrogen and oxygen atoms in total. The first-order chi connectivity index (χ1) is 7.87. The monoisotopic (exact) mass is 344 g/mol. The molecule has 0 aliphatic carbocycles. The van der Waals surface area contributed by atoms with E-state index < -0.39 is 11.6 Å². The number of hydrogen-bond acceptors (Lipinski definition) is 3. The molecule has 0 atom stereocenters. The highest BCUT2D eigenvalue weighted by Gasteiger charge is 2.21. The maximum Gasteiger partial charge on any atom is 0.374 e. The van der Waals surface area contributed by atoms with Crippen LogP contribution in [0, 0.1) is 3.57 Å². The summed E-state index contributed by atoms with van der Waals surface area (Å²) in [5.74, 6) is -0.177. The minimum absolute atomic E-state index is 0.249. The van der Waals surface area contributed by atoms with Crippen molar-refractivity contribution in [3.05, 3.63) is 33.6 Å². The van der Waals surface area contributed by atoms with Crippen LogP contribution in [0.4, 0.5) is 0 Å². The van der Waals surface area contributed by atoms with Crippen LogP contribution in [0.2, 0.25) is 0 Å². The van der Waals surface area contributed by atoms with Gasteiger partial charge in [0.15, 0.2) is 0 Å². The number of furan rings is 1. The summed E-state index contributed by atoms with van der Waals surface area (Å²) >= 11 is 2.18. The zero-order chi connectivity index (χ0) is 12.6. The van der Waals surface area contributed by atoms with Gasteiger partial charge >= 0.3 is 5.97 Å². The number of esters is 1. The maximum absolute atomic E-state index is 11.8. The first kappa shape index (κ1) is 12.4. The normalized spacial score (nSPS) is 11.8. The van der Waals surface area contributed by atoms with Crippen molar-refractivity contribution in [2.45, 2.75) is 26.4 Å². The molecule has 0 bridgehead atoms. The zero-order valence-corrected chi connectivity index (χ0v) is 12.1. The molecule has 17 heavy (non-hydrogen) atoms. The van der Waals surface area contributed by atoms with Gasteiger partial charge in [-0.1, -0.05) is 12.1 Å². The van der Waals surface area contributed by atoms with Crippen molar-refractivity contribution in [3.63, 3.8) is 0 Å². The summed E-state index contributed by atoms with van der Waals surface area (Å²) in [4.78, 5) is 11.8. The first-order valence-corrected chi connectivity index (χ1v) is 6.36. The molecule has 4 heteroatoms. The van der Waals surface area contributed by atoms with Gasteiger partial charge in [0.25, 0.3) is 0 Å². The van der Waals surface area contributed by atoms with E-state index in [2.05, 4.69) is 22.6 Å². The van der Waals surface area contributed by atoms with E-state index in [0.29, 0.717) is 0 Å². The minimum atomic E-state index is -0.511. The Hall–Kier alpha value is -1.04. The predicted molar refractivity (Wildman–Crippen MR) is 74.1 cm³/mol. The lowest BCUT2D eigenvalue weighted by Crippen LogP contribution is -2.23. The first-order valence-electron chi connectivity index (χ1n) is 5.28. The van der Waals surface area contributed by atoms with E-state index in [9.17, 15) is 4.79 Å². The molecule has 90 valence electrons. The Morgan fingerprint density at radius 2 is 2.06 bits per heavy atom. The molecule has 0 aliphatic rings. The molecule has 2 rings (SSSR count). The molecule has 0 radical (unpaired) electrons. The fourth-order valence-corrected chi connectivity index (χ4v) is 2.09. The fourth-order valence-electron chi connectivity index (χ4n) is 1.46. The standard InChI is InChI=1S/C13H13IO3/c1-13(2,3)17-12(15)10-7-8-5-4-6-9(14)11(8)16-10/h4-7H,1-3H3. The van der Waals surface area contributed by atoms with Gasteiger partial charge in [-0.3, -0.25) is 0 Å². The molecule has 2 aromatic rings. The summed E-state index contributed by atoms with van der Waals surface area (Å²) in [5, 5.41) is 0.915. The number of halogens is 1. The molecule has 0 spiro atoms. The highest BCUT2D eigenvalue weighted by atomic mass is 127. The Labute approximate surface area is 113 Å². The topological polar surface area (TPSA) is 39.4 Å². The van der Waals surface area contributed by atoms with E-state index in [-0.39, 0.29) is 5.76 Å². The third kappa shape index (κ3) is 2.80. The molecule has 0 saturated carbocycles. The average Bonchev–Trinajstić information content (AvgIpc) is 2.60. The average molecular weight is 344 g/mol. The lowest BCUT2D eigenvalue weighted by Gasteiger charge is -2.18. The van der Waals surface area contributed by atoms with Gasteiger partial charge in [0, 0.05) is 5.39 Å². The van der Waals surface area contributed by atoms with Crippen molar-refractivity contribution in [1.29, 1.82) is 0 Å². The predicted octanol–water partition coefficient (Wildman–Crippen LogP) is 3.99. The maximum atomic E-state index is 11.8. The second-order valence-corrected chi connectivity index (χ2v) is 5.93. The van der Waals surface area contributed by atoms with Crippen LogP contribution in [-0.2, 0) is 4.74 Å². The van der Waals surface area contributed by atoms with E-state index >= 15 is 0 Å². The van der Waals surface area contributed by atoms with Crippen molar-refractivity contribution in [3.8, 4) is 0 Å². The molecular weight excluding hydrogens is 331 g/mol. The molecule has 0 unspecified atom stereocenters. The van der Waals surface area contributed by atoms with Crippen LogP contribution in [-0.4, -0.2) is 11.6 Å². The van der Waals surface area contributed by atoms with Crippen LogP contribution >= 0.6 is 22.6 Å². The van der Waals surface area contributed by atoms with Crippen molar-refractivity contribution in [1.82, 2.24) is 0 Å². The highest BCUT2D eigenvalue weighted by molar-refractivity contribution is 14.1. The summed E-state index contributed by atoms with van der Waals surface area (Å²) in [7, 11) is 0. The number of hydrogen-bond donors (Lipinski definition) is 0. The number of para-hydroxylation sites is 1. The van der Waals surface area contributed by atoms with Gasteiger partial charge in [0.2, 0.25) is 5.76 Å². The number of ether oxygens (including phenoxy) is 1. The Balaban J connectivity index is 2.37. The minimum Gasteiger partial charge on any atom is -0.454 e. The van der Waals surface area contributed by atoms with Crippen molar-refractivity contribution in [2.24, 2.45) is 0 Å². The van der Waals surface area contributed by atoms with Gasteiger partial charge in [-0.25, -0.2) is 4.79 Å². The lowest BCUT2D eigenvalue weighted by atomic mass is 10.2. The SMILES string of the molecule is CC(C)(C)OC(=O)c1cc2cccc(I)c2o1. The van der Waals surface area contributed by atoms with Gasteiger partial charge in [-0.05, 0) is 55.5 Å². The Bertz CT molecular complexity index is 564. The van der Waals surface area contributed by atoms with E-state index in [1.54, 1.807) is 6.07 Å². The van der Waals surface area contributed by atoms with Gasteiger partial charge in [-0.2, -0.15) is 0 Å². The second kappa shape index (κ2) is 4.33. The second-order valence-electron chi connectivity index (χ2n) is 4.77. The van der Waals surface area contributed by atoms with Crippen LogP contribution in [0.5, 0.6) is 0 Å². The van der Waals surface area contributed by atoms with Crippen molar-refractivity contribution >= 4 is 39.5 Å². The molecule has 0 N–H and O–H groups in total. The van der Waals surface area contributed by atoms with Crippen LogP contribution in [0.1, 0.15) is 31.3 Å². The molecule has 0 amide bonds. The smallest absolute Gasteiger partial charge is 0.374 e. The summed E-state index contributed by atoms with van der Waals surface area (Å²) in [6.45, 7) is 5.49. The van der Waals surface area contributed by atoms with Crippen molar-refractivity contribution in [2.75, 3.05) is 0 Å². The van der Waals surface area contributed by atoms with Crippen LogP contribution in [0.15, 0.2) is 28.7 Å². The largest absolute Gasteiger partial charge is 0.454 e.